The summed E-state index contributed by atoms with van der Waals surface area (Å²) < 4.78 is 52.3. The Kier molecular flexibility index (Phi) is 12.9. The number of hydrogen-bond donors (Lipinski definition) is 2. The zero-order valence-corrected chi connectivity index (χ0v) is 29.9. The van der Waals surface area contributed by atoms with Crippen LogP contribution in [0.15, 0.2) is 51.9 Å². The lowest BCUT2D eigenvalue weighted by Crippen LogP contribution is -2.47. The molecule has 1 aliphatic rings. The van der Waals surface area contributed by atoms with Crippen molar-refractivity contribution in [2.24, 2.45) is 5.92 Å². The lowest BCUT2D eigenvalue weighted by molar-refractivity contribution is -0.0177. The van der Waals surface area contributed by atoms with Gasteiger partial charge in [-0.1, -0.05) is 24.2 Å². The van der Waals surface area contributed by atoms with Crippen LogP contribution in [-0.4, -0.2) is 93.1 Å². The highest BCUT2D eigenvalue weighted by Gasteiger charge is 2.31. The molecule has 0 saturated heterocycles. The molecule has 0 bridgehead atoms. The van der Waals surface area contributed by atoms with Crippen LogP contribution < -0.4 is 14.2 Å². The van der Waals surface area contributed by atoms with Crippen LogP contribution in [0.1, 0.15) is 67.4 Å². The molecule has 0 spiro atoms. The third-order valence-corrected chi connectivity index (χ3v) is 10.3. The SMILES string of the molecule is COc1ccc(CN(C)C[C@H]2OCCCC[C@@H](C)Oc3ccc(NS(=O)(=O)c4c(C)noc4C)cc3C(=O)N([C@H](C)CO)C[C@H]2C)cc1. The third-order valence-electron chi connectivity index (χ3n) is 8.64. The zero-order chi connectivity index (χ0) is 35.0. The second-order valence-electron chi connectivity index (χ2n) is 12.8. The van der Waals surface area contributed by atoms with Gasteiger partial charge in [-0.2, -0.15) is 0 Å². The molecule has 2 heterocycles. The minimum Gasteiger partial charge on any atom is -0.497 e. The number of sulfonamides is 1. The number of fused-ring (bicyclic) bond motifs is 1. The second kappa shape index (κ2) is 16.6. The van der Waals surface area contributed by atoms with Crippen molar-refractivity contribution < 1.29 is 37.1 Å². The van der Waals surface area contributed by atoms with E-state index in [0.717, 1.165) is 30.6 Å². The second-order valence-corrected chi connectivity index (χ2v) is 14.4. The summed E-state index contributed by atoms with van der Waals surface area (Å²) in [5.41, 5.74) is 1.75. The van der Waals surface area contributed by atoms with Crippen molar-refractivity contribution in [1.82, 2.24) is 15.0 Å². The Hall–Kier alpha value is -3.65. The monoisotopic (exact) mass is 686 g/mol. The molecule has 0 radical (unpaired) electrons. The number of carbonyl (C=O) groups excluding carboxylic acids is 1. The van der Waals surface area contributed by atoms with Gasteiger partial charge in [0.25, 0.3) is 15.9 Å². The normalized spacial score (nSPS) is 20.5. The Morgan fingerprint density at radius 1 is 1.15 bits per heavy atom. The number of methoxy groups -OCH3 is 1. The van der Waals surface area contributed by atoms with E-state index in [4.69, 9.17) is 18.7 Å². The molecule has 0 saturated carbocycles. The summed E-state index contributed by atoms with van der Waals surface area (Å²) >= 11 is 0. The van der Waals surface area contributed by atoms with Crippen LogP contribution in [0.3, 0.4) is 0 Å². The smallest absolute Gasteiger partial charge is 0.267 e. The van der Waals surface area contributed by atoms with Gasteiger partial charge in [0.2, 0.25) is 0 Å². The number of likely N-dealkylation sites (N-methyl/N-ethyl adjacent to an activating group) is 1. The zero-order valence-electron chi connectivity index (χ0n) is 29.1. The number of aryl methyl sites for hydroxylation is 2. The van der Waals surface area contributed by atoms with E-state index < -0.39 is 16.1 Å². The maximum atomic E-state index is 14.4. The van der Waals surface area contributed by atoms with E-state index in [-0.39, 0.29) is 58.2 Å². The Morgan fingerprint density at radius 2 is 1.88 bits per heavy atom. The number of anilines is 1. The molecule has 2 N–H and O–H groups in total. The minimum absolute atomic E-state index is 0.0499. The Morgan fingerprint density at radius 3 is 2.52 bits per heavy atom. The molecule has 4 rings (SSSR count). The van der Waals surface area contributed by atoms with E-state index in [9.17, 15) is 18.3 Å². The Labute approximate surface area is 284 Å². The number of benzene rings is 2. The molecule has 48 heavy (non-hydrogen) atoms. The molecule has 1 aromatic heterocycles. The third kappa shape index (κ3) is 9.49. The van der Waals surface area contributed by atoms with E-state index >= 15 is 0 Å². The van der Waals surface area contributed by atoms with Gasteiger partial charge < -0.3 is 28.7 Å². The van der Waals surface area contributed by atoms with Crippen LogP contribution in [0, 0.1) is 19.8 Å². The quantitative estimate of drug-likeness (QED) is 0.298. The first-order valence-corrected chi connectivity index (χ1v) is 17.9. The van der Waals surface area contributed by atoms with Gasteiger partial charge in [0.15, 0.2) is 10.7 Å². The highest BCUT2D eigenvalue weighted by atomic mass is 32.2. The Balaban J connectivity index is 1.63. The molecule has 0 unspecified atom stereocenters. The first kappa shape index (κ1) is 37.2. The van der Waals surface area contributed by atoms with Crippen molar-refractivity contribution in [2.75, 3.05) is 45.2 Å². The van der Waals surface area contributed by atoms with Gasteiger partial charge in [-0.3, -0.25) is 14.4 Å². The number of nitrogens with one attached hydrogen (secondary N) is 1. The summed E-state index contributed by atoms with van der Waals surface area (Å²) in [4.78, 5) is 18.2. The summed E-state index contributed by atoms with van der Waals surface area (Å²) in [6.07, 6.45) is 2.06. The maximum absolute atomic E-state index is 14.4. The average Bonchev–Trinajstić information content (AvgIpc) is 3.40. The Bertz CT molecular complexity index is 1590. The van der Waals surface area contributed by atoms with E-state index in [0.29, 0.717) is 32.0 Å². The summed E-state index contributed by atoms with van der Waals surface area (Å²) in [5, 5.41) is 14.0. The van der Waals surface area contributed by atoms with Crippen molar-refractivity contribution in [3.8, 4) is 11.5 Å². The van der Waals surface area contributed by atoms with Gasteiger partial charge in [-0.15, -0.1) is 0 Å². The van der Waals surface area contributed by atoms with Crippen molar-refractivity contribution in [1.29, 1.82) is 0 Å². The fourth-order valence-electron chi connectivity index (χ4n) is 5.93. The lowest BCUT2D eigenvalue weighted by atomic mass is 10.0. The fourth-order valence-corrected chi connectivity index (χ4v) is 7.31. The lowest BCUT2D eigenvalue weighted by Gasteiger charge is -2.36. The molecule has 2 aromatic carbocycles. The number of ether oxygens (including phenoxy) is 3. The van der Waals surface area contributed by atoms with Gasteiger partial charge in [0.1, 0.15) is 17.2 Å². The molecule has 1 aliphatic heterocycles. The van der Waals surface area contributed by atoms with Gasteiger partial charge in [-0.05, 0) is 89.9 Å². The predicted octanol–water partition coefficient (Wildman–Crippen LogP) is 5.03. The molecule has 1 amide bonds. The van der Waals surface area contributed by atoms with Crippen LogP contribution in [0.2, 0.25) is 0 Å². The molecule has 12 nitrogen and oxygen atoms in total. The molecule has 4 atom stereocenters. The number of aliphatic hydroxyl groups excluding tert-OH is 1. The number of carbonyl (C=O) groups is 1. The average molecular weight is 687 g/mol. The van der Waals surface area contributed by atoms with Gasteiger partial charge >= 0.3 is 0 Å². The highest BCUT2D eigenvalue weighted by molar-refractivity contribution is 7.92. The van der Waals surface area contributed by atoms with Crippen LogP contribution in [0.4, 0.5) is 5.69 Å². The number of amides is 1. The van der Waals surface area contributed by atoms with Crippen LogP contribution in [0.25, 0.3) is 0 Å². The number of hydrogen-bond acceptors (Lipinski definition) is 10. The first-order chi connectivity index (χ1) is 22.8. The molecular formula is C35H50N4O8S. The van der Waals surface area contributed by atoms with Gasteiger partial charge in [-0.25, -0.2) is 8.42 Å². The number of rotatable bonds is 10. The molecule has 0 fully saturated rings. The van der Waals surface area contributed by atoms with Crippen LogP contribution >= 0.6 is 0 Å². The topological polar surface area (TPSA) is 144 Å². The maximum Gasteiger partial charge on any atom is 0.267 e. The van der Waals surface area contributed by atoms with Crippen molar-refractivity contribution in [2.45, 2.75) is 83.6 Å². The van der Waals surface area contributed by atoms with Crippen LogP contribution in [0.5, 0.6) is 11.5 Å². The van der Waals surface area contributed by atoms with E-state index in [1.165, 1.54) is 13.0 Å². The summed E-state index contributed by atoms with van der Waals surface area (Å²) in [5.74, 6) is 0.827. The van der Waals surface area contributed by atoms with Gasteiger partial charge in [0.05, 0.1) is 37.5 Å². The van der Waals surface area contributed by atoms with E-state index in [2.05, 4.69) is 21.7 Å². The van der Waals surface area contributed by atoms with Crippen LogP contribution in [-0.2, 0) is 21.3 Å². The number of nitrogens with zero attached hydrogens (tertiary/aromatic N) is 3. The number of aliphatic hydroxyl groups is 1. The van der Waals surface area contributed by atoms with Crippen molar-refractivity contribution >= 4 is 21.6 Å². The molecular weight excluding hydrogens is 636 g/mol. The summed E-state index contributed by atoms with van der Waals surface area (Å²) in [6, 6.07) is 12.1. The molecule has 264 valence electrons. The first-order valence-electron chi connectivity index (χ1n) is 16.4. The predicted molar refractivity (Wildman–Crippen MR) is 183 cm³/mol. The van der Waals surface area contributed by atoms with Crippen molar-refractivity contribution in [3.63, 3.8) is 0 Å². The molecule has 3 aromatic rings. The number of aromatic nitrogens is 1. The molecule has 13 heteroatoms. The molecule has 0 aliphatic carbocycles. The standard InChI is InChI=1S/C35H50N4O8S/c1-23-19-39(24(2)22-40)35(41)31-18-29(37-48(42,43)34-26(4)36-47-27(34)5)13-16-32(31)46-25(3)10-8-9-17-45-33(23)21-38(6)20-28-11-14-30(44-7)15-12-28/h11-16,18,23-25,33,37,40H,8-10,17,19-22H2,1-7H3/t23-,24-,25-,33-/m1/s1. The van der Waals surface area contributed by atoms with E-state index in [1.807, 2.05) is 38.2 Å². The summed E-state index contributed by atoms with van der Waals surface area (Å²) in [7, 11) is -0.369. The van der Waals surface area contributed by atoms with Gasteiger partial charge in [0, 0.05) is 37.8 Å². The van der Waals surface area contributed by atoms with Crippen molar-refractivity contribution in [3.05, 3.63) is 65.0 Å². The fraction of sp³-hybridized carbons (Fsp3) is 0.543. The highest BCUT2D eigenvalue weighted by Crippen LogP contribution is 2.30. The summed E-state index contributed by atoms with van der Waals surface area (Å²) in [6.45, 7) is 10.8. The minimum atomic E-state index is -4.06. The van der Waals surface area contributed by atoms with E-state index in [1.54, 1.807) is 38.0 Å². The largest absolute Gasteiger partial charge is 0.497 e.